The molecule has 39 heavy (non-hydrogen) atoms. The summed E-state index contributed by atoms with van der Waals surface area (Å²) in [5.41, 5.74) is 1.04. The number of carbonyl (C=O) groups excluding carboxylic acids is 4. The Labute approximate surface area is 223 Å². The number of para-hydroxylation sites is 1. The maximum absolute atomic E-state index is 12.0. The maximum atomic E-state index is 12.0. The monoisotopic (exact) mass is 544 g/mol. The molecule has 1 aliphatic heterocycles. The van der Waals surface area contributed by atoms with Crippen molar-refractivity contribution >= 4 is 29.8 Å². The largest absolute Gasteiger partial charge is 0.478 e. The molecule has 0 aromatic heterocycles. The van der Waals surface area contributed by atoms with Crippen LogP contribution in [-0.4, -0.2) is 72.3 Å². The molecule has 5 atom stereocenters. The summed E-state index contributed by atoms with van der Waals surface area (Å²) >= 11 is 0. The first-order valence-electron chi connectivity index (χ1n) is 11.9. The van der Waals surface area contributed by atoms with Crippen LogP contribution in [0.5, 0.6) is 5.75 Å². The Balaban J connectivity index is 2.06. The van der Waals surface area contributed by atoms with Crippen molar-refractivity contribution in [3.63, 3.8) is 0 Å². The predicted octanol–water partition coefficient (Wildman–Crippen LogP) is 2.51. The van der Waals surface area contributed by atoms with E-state index in [1.807, 2.05) is 0 Å². The minimum atomic E-state index is -1.44. The van der Waals surface area contributed by atoms with Crippen molar-refractivity contribution in [2.24, 2.45) is 0 Å². The average Bonchev–Trinajstić information content (AvgIpc) is 2.86. The van der Waals surface area contributed by atoms with E-state index in [0.29, 0.717) is 11.1 Å². The van der Waals surface area contributed by atoms with E-state index >= 15 is 0 Å². The number of rotatable bonds is 9. The molecule has 12 nitrogen and oxygen atoms in total. The summed E-state index contributed by atoms with van der Waals surface area (Å²) in [7, 11) is 0. The number of hydrogen-bond donors (Lipinski definition) is 1. The van der Waals surface area contributed by atoms with Crippen LogP contribution < -0.4 is 4.74 Å². The second kappa shape index (κ2) is 12.9. The van der Waals surface area contributed by atoms with Crippen LogP contribution in [0, 0.1) is 0 Å². The number of carboxylic acid groups (broad SMARTS) is 1. The van der Waals surface area contributed by atoms with E-state index in [4.69, 9.17) is 28.4 Å². The highest BCUT2D eigenvalue weighted by Crippen LogP contribution is 2.35. The first-order valence-corrected chi connectivity index (χ1v) is 11.9. The fourth-order valence-corrected chi connectivity index (χ4v) is 4.04. The van der Waals surface area contributed by atoms with E-state index in [1.165, 1.54) is 19.1 Å². The molecule has 0 bridgehead atoms. The van der Waals surface area contributed by atoms with Gasteiger partial charge >= 0.3 is 29.8 Å². The molecule has 0 aliphatic carbocycles. The second-order valence-corrected chi connectivity index (χ2v) is 8.57. The van der Waals surface area contributed by atoms with Crippen molar-refractivity contribution in [1.29, 1.82) is 0 Å². The summed E-state index contributed by atoms with van der Waals surface area (Å²) in [4.78, 5) is 59.0. The molecular weight excluding hydrogens is 516 g/mol. The molecule has 12 heteroatoms. The molecule has 1 fully saturated rings. The van der Waals surface area contributed by atoms with Crippen LogP contribution in [0.2, 0.25) is 0 Å². The highest BCUT2D eigenvalue weighted by atomic mass is 16.7. The van der Waals surface area contributed by atoms with Crippen molar-refractivity contribution in [2.45, 2.75) is 58.4 Å². The number of carboxylic acids is 1. The molecule has 1 aliphatic rings. The van der Waals surface area contributed by atoms with Crippen molar-refractivity contribution < 1.29 is 57.5 Å². The number of ether oxygens (including phenoxy) is 6. The Morgan fingerprint density at radius 1 is 0.769 bits per heavy atom. The second-order valence-electron chi connectivity index (χ2n) is 8.57. The van der Waals surface area contributed by atoms with E-state index in [0.717, 1.165) is 20.8 Å². The standard InChI is InChI=1S/C27H28O12/c1-14(28)34-13-22-23(35-15(2)29)24(36-16(3)30)25(37-17(4)31)27(39-22)38-21-11-6-5-10-20(21)18-8-7-9-19(12-18)26(32)33/h5-12,22-25,27H,13H2,1-4H3,(H,32,33)/t22-,23-,24+,25+,27+/m1/s1. The van der Waals surface area contributed by atoms with Gasteiger partial charge in [0.2, 0.25) is 12.4 Å². The molecule has 0 saturated carbocycles. The van der Waals surface area contributed by atoms with E-state index in [-0.39, 0.29) is 11.3 Å². The molecular formula is C27H28O12. The van der Waals surface area contributed by atoms with Gasteiger partial charge in [0.25, 0.3) is 0 Å². The Morgan fingerprint density at radius 3 is 2.00 bits per heavy atom. The molecule has 0 spiro atoms. The highest BCUT2D eigenvalue weighted by molar-refractivity contribution is 5.89. The van der Waals surface area contributed by atoms with Crippen LogP contribution >= 0.6 is 0 Å². The Hall–Kier alpha value is -4.45. The number of benzene rings is 2. The Bertz CT molecular complexity index is 1240. The third kappa shape index (κ3) is 7.77. The van der Waals surface area contributed by atoms with Gasteiger partial charge in [0.15, 0.2) is 12.2 Å². The number of carbonyl (C=O) groups is 5. The van der Waals surface area contributed by atoms with Crippen molar-refractivity contribution in [3.8, 4) is 16.9 Å². The van der Waals surface area contributed by atoms with Gasteiger partial charge < -0.3 is 33.5 Å². The average molecular weight is 545 g/mol. The minimum Gasteiger partial charge on any atom is -0.478 e. The summed E-state index contributed by atoms with van der Waals surface area (Å²) in [6.07, 6.45) is -6.74. The van der Waals surface area contributed by atoms with E-state index in [2.05, 4.69) is 0 Å². The van der Waals surface area contributed by atoms with Crippen molar-refractivity contribution in [1.82, 2.24) is 0 Å². The first-order chi connectivity index (χ1) is 18.5. The molecule has 1 N–H and O–H groups in total. The van der Waals surface area contributed by atoms with Gasteiger partial charge in [0.1, 0.15) is 18.5 Å². The lowest BCUT2D eigenvalue weighted by Gasteiger charge is -2.44. The number of esters is 4. The summed E-state index contributed by atoms with van der Waals surface area (Å²) in [5.74, 6) is -3.84. The molecule has 3 rings (SSSR count). The minimum absolute atomic E-state index is 0.0506. The van der Waals surface area contributed by atoms with Gasteiger partial charge in [0.05, 0.1) is 5.56 Å². The highest BCUT2D eigenvalue weighted by Gasteiger charge is 2.53. The van der Waals surface area contributed by atoms with E-state index in [9.17, 15) is 29.1 Å². The summed E-state index contributed by atoms with van der Waals surface area (Å²) in [6, 6.07) is 12.8. The molecule has 208 valence electrons. The molecule has 0 unspecified atom stereocenters. The number of hydrogen-bond acceptors (Lipinski definition) is 11. The van der Waals surface area contributed by atoms with Crippen LogP contribution in [0.3, 0.4) is 0 Å². The fourth-order valence-electron chi connectivity index (χ4n) is 4.04. The third-order valence-electron chi connectivity index (χ3n) is 5.50. The molecule has 2 aromatic rings. The third-order valence-corrected chi connectivity index (χ3v) is 5.50. The molecule has 1 saturated heterocycles. The molecule has 2 aromatic carbocycles. The Kier molecular flexibility index (Phi) is 9.61. The zero-order valence-corrected chi connectivity index (χ0v) is 21.7. The fraction of sp³-hybridized carbons (Fsp3) is 0.370. The topological polar surface area (TPSA) is 161 Å². The van der Waals surface area contributed by atoms with Crippen molar-refractivity contribution in [3.05, 3.63) is 54.1 Å². The van der Waals surface area contributed by atoms with Crippen molar-refractivity contribution in [2.75, 3.05) is 6.61 Å². The zero-order chi connectivity index (χ0) is 28.7. The quantitative estimate of drug-likeness (QED) is 0.363. The van der Waals surface area contributed by atoms with Crippen LogP contribution in [0.25, 0.3) is 11.1 Å². The zero-order valence-electron chi connectivity index (χ0n) is 21.7. The lowest BCUT2D eigenvalue weighted by molar-refractivity contribution is -0.288. The van der Waals surface area contributed by atoms with Gasteiger partial charge in [-0.2, -0.15) is 0 Å². The maximum Gasteiger partial charge on any atom is 0.335 e. The lowest BCUT2D eigenvalue weighted by atomic mass is 9.97. The van der Waals surface area contributed by atoms with Gasteiger partial charge in [-0.1, -0.05) is 30.3 Å². The SMILES string of the molecule is CC(=O)OC[C@H]1O[C@H](Oc2ccccc2-c2cccc(C(=O)O)c2)[C@@H](OC(C)=O)[C@@H](OC(C)=O)[C@@H]1OC(C)=O. The van der Waals surface area contributed by atoms with Crippen LogP contribution in [-0.2, 0) is 42.9 Å². The summed E-state index contributed by atoms with van der Waals surface area (Å²) < 4.78 is 33.4. The Morgan fingerprint density at radius 2 is 1.38 bits per heavy atom. The molecule has 0 amide bonds. The number of aromatic carboxylic acids is 1. The van der Waals surface area contributed by atoms with E-state index in [1.54, 1.807) is 36.4 Å². The molecule has 1 heterocycles. The normalized spacial score (nSPS) is 22.2. The summed E-state index contributed by atoms with van der Waals surface area (Å²) in [5, 5.41) is 9.40. The van der Waals surface area contributed by atoms with Gasteiger partial charge in [-0.15, -0.1) is 0 Å². The molecule has 0 radical (unpaired) electrons. The predicted molar refractivity (Wildman–Crippen MR) is 131 cm³/mol. The van der Waals surface area contributed by atoms with E-state index < -0.39 is 67.2 Å². The van der Waals surface area contributed by atoms with Crippen LogP contribution in [0.4, 0.5) is 0 Å². The van der Waals surface area contributed by atoms with Gasteiger partial charge in [-0.05, 0) is 23.8 Å². The lowest BCUT2D eigenvalue weighted by Crippen LogP contribution is -2.63. The van der Waals surface area contributed by atoms with Crippen LogP contribution in [0.15, 0.2) is 48.5 Å². The van der Waals surface area contributed by atoms with Gasteiger partial charge in [0, 0.05) is 33.3 Å². The smallest absolute Gasteiger partial charge is 0.335 e. The van der Waals surface area contributed by atoms with Gasteiger partial charge in [-0.3, -0.25) is 19.2 Å². The van der Waals surface area contributed by atoms with Crippen LogP contribution in [0.1, 0.15) is 38.1 Å². The first kappa shape index (κ1) is 29.1. The van der Waals surface area contributed by atoms with Gasteiger partial charge in [-0.25, -0.2) is 4.79 Å². The summed E-state index contributed by atoms with van der Waals surface area (Å²) in [6.45, 7) is 4.13.